The number of benzene rings is 2. The van der Waals surface area contributed by atoms with Crippen molar-refractivity contribution in [3.05, 3.63) is 59.1 Å². The van der Waals surface area contributed by atoms with Crippen LogP contribution in [0.1, 0.15) is 12.0 Å². The van der Waals surface area contributed by atoms with E-state index in [9.17, 15) is 9.90 Å². The highest BCUT2D eigenvalue weighted by molar-refractivity contribution is 6.30. The average molecular weight is 276 g/mol. The third-order valence-electron chi connectivity index (χ3n) is 2.66. The van der Waals surface area contributed by atoms with Crippen LogP contribution in [0.15, 0.2) is 48.5 Å². The topological polar surface area (TPSA) is 49.3 Å². The fourth-order valence-corrected chi connectivity index (χ4v) is 1.97. The lowest BCUT2D eigenvalue weighted by atomic mass is 10.1. The maximum atomic E-state index is 11.8. The zero-order valence-corrected chi connectivity index (χ0v) is 11.0. The molecule has 19 heavy (non-hydrogen) atoms. The van der Waals surface area contributed by atoms with Gasteiger partial charge in [0.05, 0.1) is 0 Å². The summed E-state index contributed by atoms with van der Waals surface area (Å²) in [7, 11) is 0. The van der Waals surface area contributed by atoms with Crippen LogP contribution in [0.2, 0.25) is 5.02 Å². The summed E-state index contributed by atoms with van der Waals surface area (Å²) in [4.78, 5) is 11.8. The molecular formula is C15H14ClNO2. The highest BCUT2D eigenvalue weighted by Gasteiger charge is 2.04. The molecule has 2 aromatic rings. The number of phenols is 1. The summed E-state index contributed by atoms with van der Waals surface area (Å²) < 4.78 is 0. The predicted molar refractivity (Wildman–Crippen MR) is 76.5 cm³/mol. The van der Waals surface area contributed by atoms with Gasteiger partial charge in [-0.15, -0.1) is 0 Å². The fourth-order valence-electron chi connectivity index (χ4n) is 1.76. The van der Waals surface area contributed by atoms with Crippen molar-refractivity contribution in [1.29, 1.82) is 0 Å². The van der Waals surface area contributed by atoms with Gasteiger partial charge in [0.1, 0.15) is 5.75 Å². The second kappa shape index (κ2) is 6.25. The van der Waals surface area contributed by atoms with E-state index in [0.717, 1.165) is 5.56 Å². The zero-order chi connectivity index (χ0) is 13.7. The SMILES string of the molecule is O=C(CCc1cccc(Cl)c1)Nc1cccc(O)c1. The van der Waals surface area contributed by atoms with Crippen LogP contribution in [0.3, 0.4) is 0 Å². The summed E-state index contributed by atoms with van der Waals surface area (Å²) in [6.07, 6.45) is 1.00. The number of carbonyl (C=O) groups is 1. The molecule has 0 saturated heterocycles. The number of hydrogen-bond donors (Lipinski definition) is 2. The number of aromatic hydroxyl groups is 1. The molecule has 0 bridgehead atoms. The quantitative estimate of drug-likeness (QED) is 0.895. The molecule has 0 aliphatic carbocycles. The fraction of sp³-hybridized carbons (Fsp3) is 0.133. The van der Waals surface area contributed by atoms with E-state index in [0.29, 0.717) is 23.6 Å². The molecule has 0 heterocycles. The van der Waals surface area contributed by atoms with Crippen LogP contribution < -0.4 is 5.32 Å². The van der Waals surface area contributed by atoms with Gasteiger partial charge in [0.25, 0.3) is 0 Å². The summed E-state index contributed by atoms with van der Waals surface area (Å²) in [5.41, 5.74) is 1.62. The number of amides is 1. The molecule has 98 valence electrons. The average Bonchev–Trinajstić information content (AvgIpc) is 2.36. The monoisotopic (exact) mass is 275 g/mol. The number of aryl methyl sites for hydroxylation is 1. The lowest BCUT2D eigenvalue weighted by molar-refractivity contribution is -0.116. The van der Waals surface area contributed by atoms with Crippen molar-refractivity contribution in [1.82, 2.24) is 0 Å². The minimum atomic E-state index is -0.0921. The third-order valence-corrected chi connectivity index (χ3v) is 2.89. The lowest BCUT2D eigenvalue weighted by Crippen LogP contribution is -2.12. The van der Waals surface area contributed by atoms with Gasteiger partial charge in [0, 0.05) is 23.2 Å². The molecule has 2 N–H and O–H groups in total. The first-order valence-electron chi connectivity index (χ1n) is 5.97. The van der Waals surface area contributed by atoms with Gasteiger partial charge < -0.3 is 10.4 Å². The Balaban J connectivity index is 1.88. The van der Waals surface area contributed by atoms with Crippen LogP contribution in [0.5, 0.6) is 5.75 Å². The van der Waals surface area contributed by atoms with Gasteiger partial charge in [-0.2, -0.15) is 0 Å². The van der Waals surface area contributed by atoms with Crippen LogP contribution in [-0.4, -0.2) is 11.0 Å². The summed E-state index contributed by atoms with van der Waals surface area (Å²) in [5.74, 6) is 0.0400. The van der Waals surface area contributed by atoms with Gasteiger partial charge in [-0.25, -0.2) is 0 Å². The maximum absolute atomic E-state index is 11.8. The van der Waals surface area contributed by atoms with Crippen LogP contribution in [0.25, 0.3) is 0 Å². The Labute approximate surface area is 116 Å². The summed E-state index contributed by atoms with van der Waals surface area (Å²) >= 11 is 5.88. The number of phenolic OH excluding ortho intramolecular Hbond substituents is 1. The van der Waals surface area contributed by atoms with Crippen molar-refractivity contribution < 1.29 is 9.90 Å². The standard InChI is InChI=1S/C15H14ClNO2/c16-12-4-1-3-11(9-12)7-8-15(19)17-13-5-2-6-14(18)10-13/h1-6,9-10,18H,7-8H2,(H,17,19). The van der Waals surface area contributed by atoms with Gasteiger partial charge in [-0.05, 0) is 36.2 Å². The molecule has 0 aliphatic heterocycles. The molecule has 3 nitrogen and oxygen atoms in total. The first kappa shape index (κ1) is 13.4. The summed E-state index contributed by atoms with van der Waals surface area (Å²) in [5, 5.41) is 12.7. The molecule has 4 heteroatoms. The van der Waals surface area contributed by atoms with Gasteiger partial charge in [0.2, 0.25) is 5.91 Å². The number of anilines is 1. The Bertz CT molecular complexity index is 584. The molecule has 0 atom stereocenters. The Morgan fingerprint density at radius 3 is 2.68 bits per heavy atom. The molecule has 1 amide bonds. The minimum Gasteiger partial charge on any atom is -0.508 e. The van der Waals surface area contributed by atoms with Crippen molar-refractivity contribution >= 4 is 23.2 Å². The van der Waals surface area contributed by atoms with Crippen molar-refractivity contribution in [2.45, 2.75) is 12.8 Å². The van der Waals surface area contributed by atoms with Crippen molar-refractivity contribution in [2.24, 2.45) is 0 Å². The first-order chi connectivity index (χ1) is 9.13. The number of nitrogens with one attached hydrogen (secondary N) is 1. The van der Waals surface area contributed by atoms with E-state index < -0.39 is 0 Å². The van der Waals surface area contributed by atoms with Crippen LogP contribution in [-0.2, 0) is 11.2 Å². The van der Waals surface area contributed by atoms with Crippen LogP contribution >= 0.6 is 11.6 Å². The molecule has 0 radical (unpaired) electrons. The second-order valence-electron chi connectivity index (χ2n) is 4.23. The van der Waals surface area contributed by atoms with E-state index >= 15 is 0 Å². The van der Waals surface area contributed by atoms with Gasteiger partial charge in [0.15, 0.2) is 0 Å². The minimum absolute atomic E-state index is 0.0921. The molecule has 0 saturated carbocycles. The Kier molecular flexibility index (Phi) is 4.42. The van der Waals surface area contributed by atoms with E-state index in [-0.39, 0.29) is 11.7 Å². The van der Waals surface area contributed by atoms with Crippen molar-refractivity contribution in [3.8, 4) is 5.75 Å². The number of rotatable bonds is 4. The van der Waals surface area contributed by atoms with Crippen molar-refractivity contribution in [3.63, 3.8) is 0 Å². The summed E-state index contributed by atoms with van der Waals surface area (Å²) in [6.45, 7) is 0. The smallest absolute Gasteiger partial charge is 0.224 e. The Morgan fingerprint density at radius 2 is 1.95 bits per heavy atom. The van der Waals surface area contributed by atoms with E-state index in [4.69, 9.17) is 11.6 Å². The largest absolute Gasteiger partial charge is 0.508 e. The molecule has 0 spiro atoms. The van der Waals surface area contributed by atoms with Crippen LogP contribution in [0.4, 0.5) is 5.69 Å². The van der Waals surface area contributed by atoms with E-state index in [1.807, 2.05) is 18.2 Å². The van der Waals surface area contributed by atoms with Gasteiger partial charge in [-0.1, -0.05) is 29.8 Å². The van der Waals surface area contributed by atoms with E-state index in [2.05, 4.69) is 5.32 Å². The zero-order valence-electron chi connectivity index (χ0n) is 10.3. The van der Waals surface area contributed by atoms with Gasteiger partial charge >= 0.3 is 0 Å². The van der Waals surface area contributed by atoms with Gasteiger partial charge in [-0.3, -0.25) is 4.79 Å². The highest BCUT2D eigenvalue weighted by atomic mass is 35.5. The first-order valence-corrected chi connectivity index (χ1v) is 6.34. The third kappa shape index (κ3) is 4.30. The number of halogens is 1. The van der Waals surface area contributed by atoms with Crippen LogP contribution in [0, 0.1) is 0 Å². The summed E-state index contributed by atoms with van der Waals surface area (Å²) in [6, 6.07) is 13.9. The second-order valence-corrected chi connectivity index (χ2v) is 4.66. The van der Waals surface area contributed by atoms with E-state index in [1.54, 1.807) is 24.3 Å². The number of carbonyl (C=O) groups excluding carboxylic acids is 1. The highest BCUT2D eigenvalue weighted by Crippen LogP contribution is 2.16. The normalized spacial score (nSPS) is 10.2. The molecule has 0 aliphatic rings. The Morgan fingerprint density at radius 1 is 1.16 bits per heavy atom. The maximum Gasteiger partial charge on any atom is 0.224 e. The molecule has 0 fully saturated rings. The Hall–Kier alpha value is -2.00. The molecule has 2 rings (SSSR count). The molecule has 0 aromatic heterocycles. The molecule has 2 aromatic carbocycles. The lowest BCUT2D eigenvalue weighted by Gasteiger charge is -2.06. The van der Waals surface area contributed by atoms with E-state index in [1.165, 1.54) is 6.07 Å². The molecule has 0 unspecified atom stereocenters. The molecular weight excluding hydrogens is 262 g/mol. The van der Waals surface area contributed by atoms with Crippen molar-refractivity contribution in [2.75, 3.05) is 5.32 Å². The predicted octanol–water partition coefficient (Wildman–Crippen LogP) is 3.62. The number of hydrogen-bond acceptors (Lipinski definition) is 2.